The Bertz CT molecular complexity index is 383. The van der Waals surface area contributed by atoms with Crippen LogP contribution >= 0.6 is 11.6 Å². The molecular formula is C16H23ClO. The van der Waals surface area contributed by atoms with Gasteiger partial charge >= 0.3 is 0 Å². The number of rotatable bonds is 5. The van der Waals surface area contributed by atoms with Crippen LogP contribution in [0.15, 0.2) is 18.2 Å². The Morgan fingerprint density at radius 2 is 2.06 bits per heavy atom. The van der Waals surface area contributed by atoms with Crippen LogP contribution in [0.3, 0.4) is 0 Å². The molecule has 2 rings (SSSR count). The van der Waals surface area contributed by atoms with E-state index in [0.717, 1.165) is 22.9 Å². The first-order valence-corrected chi connectivity index (χ1v) is 7.46. The van der Waals surface area contributed by atoms with Crippen LogP contribution in [0.25, 0.3) is 0 Å². The second-order valence-corrected chi connectivity index (χ2v) is 6.09. The van der Waals surface area contributed by atoms with Gasteiger partial charge in [0.25, 0.3) is 0 Å². The summed E-state index contributed by atoms with van der Waals surface area (Å²) in [5.74, 6) is 0.855. The molecule has 1 aromatic carbocycles. The van der Waals surface area contributed by atoms with E-state index >= 15 is 0 Å². The highest BCUT2D eigenvalue weighted by Crippen LogP contribution is 2.29. The summed E-state index contributed by atoms with van der Waals surface area (Å²) in [4.78, 5) is 0. The lowest BCUT2D eigenvalue weighted by atomic mass is 9.96. The quantitative estimate of drug-likeness (QED) is 0.831. The highest BCUT2D eigenvalue weighted by molar-refractivity contribution is 6.31. The number of aryl methyl sites for hydroxylation is 1. The van der Waals surface area contributed by atoms with Crippen molar-refractivity contribution in [1.29, 1.82) is 0 Å². The van der Waals surface area contributed by atoms with Crippen molar-refractivity contribution in [2.24, 2.45) is 5.92 Å². The Morgan fingerprint density at radius 3 is 2.72 bits per heavy atom. The zero-order valence-electron chi connectivity index (χ0n) is 11.2. The Morgan fingerprint density at radius 1 is 1.33 bits per heavy atom. The fourth-order valence-corrected chi connectivity index (χ4v) is 3.21. The SMILES string of the molecule is Cc1ccc(CC(O)CCC2CCCC2)c(Cl)c1. The van der Waals surface area contributed by atoms with Crippen molar-refractivity contribution in [3.63, 3.8) is 0 Å². The molecule has 0 aromatic heterocycles. The zero-order valence-corrected chi connectivity index (χ0v) is 11.9. The summed E-state index contributed by atoms with van der Waals surface area (Å²) in [6, 6.07) is 6.07. The van der Waals surface area contributed by atoms with Gasteiger partial charge in [-0.15, -0.1) is 0 Å². The highest BCUT2D eigenvalue weighted by atomic mass is 35.5. The minimum atomic E-state index is -0.245. The molecule has 1 saturated carbocycles. The molecule has 1 aromatic rings. The molecule has 1 N–H and O–H groups in total. The first-order valence-electron chi connectivity index (χ1n) is 7.08. The predicted molar refractivity (Wildman–Crippen MR) is 77.1 cm³/mol. The smallest absolute Gasteiger partial charge is 0.0581 e. The molecule has 100 valence electrons. The van der Waals surface area contributed by atoms with Gasteiger partial charge in [-0.3, -0.25) is 0 Å². The molecule has 0 saturated heterocycles. The summed E-state index contributed by atoms with van der Waals surface area (Å²) in [7, 11) is 0. The van der Waals surface area contributed by atoms with Crippen molar-refractivity contribution < 1.29 is 5.11 Å². The van der Waals surface area contributed by atoms with Gasteiger partial charge in [0.1, 0.15) is 0 Å². The molecule has 0 radical (unpaired) electrons. The molecule has 18 heavy (non-hydrogen) atoms. The summed E-state index contributed by atoms with van der Waals surface area (Å²) < 4.78 is 0. The van der Waals surface area contributed by atoms with E-state index in [9.17, 15) is 5.11 Å². The van der Waals surface area contributed by atoms with Crippen molar-refractivity contribution in [2.75, 3.05) is 0 Å². The molecule has 1 unspecified atom stereocenters. The van der Waals surface area contributed by atoms with Crippen LogP contribution in [0.1, 0.15) is 49.7 Å². The first-order chi connectivity index (χ1) is 8.65. The van der Waals surface area contributed by atoms with Gasteiger partial charge < -0.3 is 5.11 Å². The molecule has 1 nitrogen and oxygen atoms in total. The summed E-state index contributed by atoms with van der Waals surface area (Å²) in [6.45, 7) is 2.03. The van der Waals surface area contributed by atoms with Crippen LogP contribution in [0.5, 0.6) is 0 Å². The van der Waals surface area contributed by atoms with Crippen LogP contribution in [0.4, 0.5) is 0 Å². The monoisotopic (exact) mass is 266 g/mol. The summed E-state index contributed by atoms with van der Waals surface area (Å²) >= 11 is 6.19. The van der Waals surface area contributed by atoms with Crippen molar-refractivity contribution in [3.8, 4) is 0 Å². The lowest BCUT2D eigenvalue weighted by Gasteiger charge is -2.14. The van der Waals surface area contributed by atoms with Crippen LogP contribution in [0.2, 0.25) is 5.02 Å². The van der Waals surface area contributed by atoms with Crippen molar-refractivity contribution in [1.82, 2.24) is 0 Å². The Labute approximate surface area is 115 Å². The van der Waals surface area contributed by atoms with Crippen molar-refractivity contribution in [2.45, 2.75) is 58.0 Å². The molecule has 1 aliphatic rings. The van der Waals surface area contributed by atoms with E-state index in [-0.39, 0.29) is 6.10 Å². The molecule has 1 atom stereocenters. The molecule has 0 spiro atoms. The van der Waals surface area contributed by atoms with Gasteiger partial charge in [-0.25, -0.2) is 0 Å². The number of aliphatic hydroxyl groups excluding tert-OH is 1. The fraction of sp³-hybridized carbons (Fsp3) is 0.625. The third-order valence-electron chi connectivity index (χ3n) is 4.05. The van der Waals surface area contributed by atoms with Crippen LogP contribution < -0.4 is 0 Å². The maximum atomic E-state index is 10.1. The van der Waals surface area contributed by atoms with Crippen LogP contribution in [-0.4, -0.2) is 11.2 Å². The Kier molecular flexibility index (Phi) is 5.08. The largest absolute Gasteiger partial charge is 0.393 e. The lowest BCUT2D eigenvalue weighted by molar-refractivity contribution is 0.155. The Balaban J connectivity index is 1.80. The van der Waals surface area contributed by atoms with Gasteiger partial charge in [0, 0.05) is 5.02 Å². The first kappa shape index (κ1) is 13.9. The number of aliphatic hydroxyl groups is 1. The molecule has 0 amide bonds. The van der Waals surface area contributed by atoms with Gasteiger partial charge in [0.15, 0.2) is 0 Å². The van der Waals surface area contributed by atoms with E-state index in [0.29, 0.717) is 6.42 Å². The topological polar surface area (TPSA) is 20.2 Å². The molecule has 0 heterocycles. The number of halogens is 1. The Hall–Kier alpha value is -0.530. The van der Waals surface area contributed by atoms with Gasteiger partial charge in [-0.05, 0) is 49.3 Å². The second kappa shape index (κ2) is 6.58. The van der Waals surface area contributed by atoms with Gasteiger partial charge in [0.05, 0.1) is 6.10 Å². The summed E-state index contributed by atoms with van der Waals surface area (Å²) in [6.07, 6.45) is 8.00. The second-order valence-electron chi connectivity index (χ2n) is 5.68. The van der Waals surface area contributed by atoms with E-state index in [1.54, 1.807) is 0 Å². The summed E-state index contributed by atoms with van der Waals surface area (Å²) in [5, 5.41) is 10.9. The molecule has 0 bridgehead atoms. The third-order valence-corrected chi connectivity index (χ3v) is 4.40. The van der Waals surface area contributed by atoms with Crippen molar-refractivity contribution >= 4 is 11.6 Å². The highest BCUT2D eigenvalue weighted by Gasteiger charge is 2.17. The molecule has 1 aliphatic carbocycles. The predicted octanol–water partition coefficient (Wildman–Crippen LogP) is 4.52. The van der Waals surface area contributed by atoms with E-state index in [1.807, 2.05) is 19.1 Å². The number of hydrogen-bond donors (Lipinski definition) is 1. The van der Waals surface area contributed by atoms with E-state index in [2.05, 4.69) is 6.07 Å². The lowest BCUT2D eigenvalue weighted by Crippen LogP contribution is -2.12. The number of benzene rings is 1. The van der Waals surface area contributed by atoms with E-state index in [4.69, 9.17) is 11.6 Å². The molecule has 0 aliphatic heterocycles. The van der Waals surface area contributed by atoms with Gasteiger partial charge in [0.2, 0.25) is 0 Å². The normalized spacial score (nSPS) is 18.2. The maximum absolute atomic E-state index is 10.1. The maximum Gasteiger partial charge on any atom is 0.0581 e. The van der Waals surface area contributed by atoms with Gasteiger partial charge in [-0.2, -0.15) is 0 Å². The van der Waals surface area contributed by atoms with Crippen molar-refractivity contribution in [3.05, 3.63) is 34.3 Å². The molecular weight excluding hydrogens is 244 g/mol. The number of hydrogen-bond acceptors (Lipinski definition) is 1. The molecule has 2 heteroatoms. The molecule has 1 fully saturated rings. The fourth-order valence-electron chi connectivity index (χ4n) is 2.90. The average molecular weight is 267 g/mol. The minimum Gasteiger partial charge on any atom is -0.393 e. The third kappa shape index (κ3) is 4.00. The van der Waals surface area contributed by atoms with Crippen LogP contribution in [0, 0.1) is 12.8 Å². The minimum absolute atomic E-state index is 0.245. The zero-order chi connectivity index (χ0) is 13.0. The van der Waals surface area contributed by atoms with E-state index in [1.165, 1.54) is 37.7 Å². The van der Waals surface area contributed by atoms with Gasteiger partial charge in [-0.1, -0.05) is 49.4 Å². The van der Waals surface area contributed by atoms with Crippen LogP contribution in [-0.2, 0) is 6.42 Å². The summed E-state index contributed by atoms with van der Waals surface area (Å²) in [5.41, 5.74) is 2.24. The average Bonchev–Trinajstić information content (AvgIpc) is 2.83. The van der Waals surface area contributed by atoms with E-state index < -0.39 is 0 Å². The standard InChI is InChI=1S/C16H23ClO/c1-12-6-8-14(16(17)10-12)11-15(18)9-7-13-4-2-3-5-13/h6,8,10,13,15,18H,2-5,7,9,11H2,1H3.